The van der Waals surface area contributed by atoms with Crippen LogP contribution in [0.15, 0.2) is 0 Å². The van der Waals surface area contributed by atoms with E-state index in [1.165, 1.54) is 0 Å². The van der Waals surface area contributed by atoms with Crippen LogP contribution in [-0.2, 0) is 14.2 Å². The minimum absolute atomic E-state index is 0.00880. The van der Waals surface area contributed by atoms with Crippen molar-refractivity contribution in [3.63, 3.8) is 0 Å². The standard InChI is InChI=1S/C5H13N2O6P/c6-13-2-1-4(5(8)9)7-3-14(10,11)12/h4,7H,1-3,6H2,(H,8,9)(H2,10,11,12)/t4-/m0/s1. The first-order valence-corrected chi connectivity index (χ1v) is 5.49. The summed E-state index contributed by atoms with van der Waals surface area (Å²) in [6, 6.07) is -1.08. The molecular formula is C5H13N2O6P. The summed E-state index contributed by atoms with van der Waals surface area (Å²) in [5, 5.41) is 10.8. The van der Waals surface area contributed by atoms with Gasteiger partial charge in [-0.05, 0) is 6.42 Å². The van der Waals surface area contributed by atoms with E-state index in [4.69, 9.17) is 14.9 Å². The quantitative estimate of drug-likeness (QED) is 0.260. The van der Waals surface area contributed by atoms with Crippen molar-refractivity contribution in [2.24, 2.45) is 5.90 Å². The molecule has 9 heteroatoms. The van der Waals surface area contributed by atoms with Gasteiger partial charge in [0.2, 0.25) is 0 Å². The average Bonchev–Trinajstić information content (AvgIpc) is 2.01. The van der Waals surface area contributed by atoms with Gasteiger partial charge in [-0.3, -0.25) is 14.7 Å². The maximum absolute atomic E-state index is 10.5. The van der Waals surface area contributed by atoms with E-state index >= 15 is 0 Å². The normalized spacial score (nSPS) is 13.9. The minimum Gasteiger partial charge on any atom is -0.480 e. The molecule has 0 spiro atoms. The molecule has 0 amide bonds. The van der Waals surface area contributed by atoms with E-state index < -0.39 is 25.9 Å². The molecule has 0 unspecified atom stereocenters. The third-order valence-electron chi connectivity index (χ3n) is 1.37. The highest BCUT2D eigenvalue weighted by Crippen LogP contribution is 2.32. The van der Waals surface area contributed by atoms with E-state index in [1.807, 2.05) is 0 Å². The zero-order valence-electron chi connectivity index (χ0n) is 7.29. The van der Waals surface area contributed by atoms with E-state index in [-0.39, 0.29) is 13.0 Å². The molecular weight excluding hydrogens is 215 g/mol. The van der Waals surface area contributed by atoms with Crippen LogP contribution < -0.4 is 11.2 Å². The van der Waals surface area contributed by atoms with Gasteiger partial charge in [0.15, 0.2) is 0 Å². The second-order valence-electron chi connectivity index (χ2n) is 2.58. The number of hydrogen-bond donors (Lipinski definition) is 5. The van der Waals surface area contributed by atoms with Gasteiger partial charge in [-0.15, -0.1) is 0 Å². The number of aliphatic carboxylic acids is 1. The van der Waals surface area contributed by atoms with Gasteiger partial charge in [-0.25, -0.2) is 5.90 Å². The predicted molar refractivity (Wildman–Crippen MR) is 46.2 cm³/mol. The van der Waals surface area contributed by atoms with E-state index in [9.17, 15) is 9.36 Å². The largest absolute Gasteiger partial charge is 0.480 e. The second-order valence-corrected chi connectivity index (χ2v) is 4.22. The molecule has 0 aliphatic rings. The fourth-order valence-corrected chi connectivity index (χ4v) is 1.19. The number of nitrogens with one attached hydrogen (secondary N) is 1. The SMILES string of the molecule is NOCC[C@H](NCP(=O)(O)O)C(=O)O. The third-order valence-corrected chi connectivity index (χ3v) is 1.96. The van der Waals surface area contributed by atoms with E-state index in [1.54, 1.807) is 0 Å². The van der Waals surface area contributed by atoms with E-state index in [2.05, 4.69) is 16.1 Å². The molecule has 0 bridgehead atoms. The first kappa shape index (κ1) is 13.5. The fraction of sp³-hybridized carbons (Fsp3) is 0.800. The zero-order valence-corrected chi connectivity index (χ0v) is 8.18. The Morgan fingerprint density at radius 3 is 2.50 bits per heavy atom. The lowest BCUT2D eigenvalue weighted by Crippen LogP contribution is -2.38. The summed E-state index contributed by atoms with van der Waals surface area (Å²) in [4.78, 5) is 31.6. The highest BCUT2D eigenvalue weighted by atomic mass is 31.2. The third kappa shape index (κ3) is 6.96. The molecule has 14 heavy (non-hydrogen) atoms. The van der Waals surface area contributed by atoms with Gasteiger partial charge in [0, 0.05) is 0 Å². The summed E-state index contributed by atoms with van der Waals surface area (Å²) in [6.45, 7) is -0.00880. The molecule has 0 heterocycles. The Hall–Kier alpha value is -0.500. The molecule has 0 aliphatic heterocycles. The lowest BCUT2D eigenvalue weighted by molar-refractivity contribution is -0.139. The molecule has 0 aromatic rings. The van der Waals surface area contributed by atoms with Crippen LogP contribution in [0.3, 0.4) is 0 Å². The molecule has 0 rings (SSSR count). The molecule has 0 aromatic carbocycles. The van der Waals surface area contributed by atoms with Crippen molar-refractivity contribution >= 4 is 13.6 Å². The monoisotopic (exact) mass is 228 g/mol. The maximum atomic E-state index is 10.5. The molecule has 6 N–H and O–H groups in total. The van der Waals surface area contributed by atoms with Crippen LogP contribution in [0.2, 0.25) is 0 Å². The number of rotatable bonds is 7. The van der Waals surface area contributed by atoms with E-state index in [0.29, 0.717) is 0 Å². The van der Waals surface area contributed by atoms with Gasteiger partial charge in [-0.1, -0.05) is 0 Å². The number of carboxylic acid groups (broad SMARTS) is 1. The Kier molecular flexibility index (Phi) is 5.86. The first-order valence-electron chi connectivity index (χ1n) is 3.69. The maximum Gasteiger partial charge on any atom is 0.339 e. The summed E-state index contributed by atoms with van der Waals surface area (Å²) >= 11 is 0. The summed E-state index contributed by atoms with van der Waals surface area (Å²) in [6.07, 6.45) is -0.652. The highest BCUT2D eigenvalue weighted by molar-refractivity contribution is 7.51. The van der Waals surface area contributed by atoms with Gasteiger partial charge in [-0.2, -0.15) is 0 Å². The van der Waals surface area contributed by atoms with Crippen LogP contribution >= 0.6 is 7.60 Å². The lowest BCUT2D eigenvalue weighted by atomic mass is 10.2. The van der Waals surface area contributed by atoms with Crippen molar-refractivity contribution < 1.29 is 29.1 Å². The molecule has 8 nitrogen and oxygen atoms in total. The Balaban J connectivity index is 3.98. The van der Waals surface area contributed by atoms with Crippen LogP contribution in [0.25, 0.3) is 0 Å². The number of nitrogens with two attached hydrogens (primary N) is 1. The minimum atomic E-state index is -4.24. The number of carboxylic acids is 1. The molecule has 0 aliphatic carbocycles. The zero-order chi connectivity index (χ0) is 11.2. The van der Waals surface area contributed by atoms with Crippen LogP contribution in [0.1, 0.15) is 6.42 Å². The summed E-state index contributed by atoms with van der Waals surface area (Å²) < 4.78 is 10.4. The van der Waals surface area contributed by atoms with Gasteiger partial charge in [0.05, 0.1) is 12.9 Å². The average molecular weight is 228 g/mol. The topological polar surface area (TPSA) is 142 Å². The van der Waals surface area contributed by atoms with Crippen molar-refractivity contribution in [3.05, 3.63) is 0 Å². The summed E-state index contributed by atoms with van der Waals surface area (Å²) in [5.74, 6) is 3.47. The van der Waals surface area contributed by atoms with Crippen molar-refractivity contribution in [2.75, 3.05) is 12.9 Å². The molecule has 0 fully saturated rings. The van der Waals surface area contributed by atoms with Crippen LogP contribution in [0.4, 0.5) is 0 Å². The predicted octanol–water partition coefficient (Wildman–Crippen LogP) is -1.56. The number of hydrogen-bond acceptors (Lipinski definition) is 5. The molecule has 84 valence electrons. The summed E-state index contributed by atoms with van der Waals surface area (Å²) in [7, 11) is -4.24. The van der Waals surface area contributed by atoms with Crippen molar-refractivity contribution in [2.45, 2.75) is 12.5 Å². The molecule has 1 atom stereocenters. The van der Waals surface area contributed by atoms with Gasteiger partial charge in [0.1, 0.15) is 6.04 Å². The Morgan fingerprint density at radius 2 is 2.14 bits per heavy atom. The van der Waals surface area contributed by atoms with E-state index in [0.717, 1.165) is 0 Å². The second kappa shape index (κ2) is 6.07. The van der Waals surface area contributed by atoms with Crippen molar-refractivity contribution in [3.8, 4) is 0 Å². The van der Waals surface area contributed by atoms with Crippen molar-refractivity contribution in [1.82, 2.24) is 5.32 Å². The smallest absolute Gasteiger partial charge is 0.339 e. The Bertz CT molecular complexity index is 228. The van der Waals surface area contributed by atoms with Crippen molar-refractivity contribution in [1.29, 1.82) is 0 Å². The highest BCUT2D eigenvalue weighted by Gasteiger charge is 2.21. The van der Waals surface area contributed by atoms with Gasteiger partial charge >= 0.3 is 13.6 Å². The van der Waals surface area contributed by atoms with Gasteiger partial charge < -0.3 is 19.7 Å². The van der Waals surface area contributed by atoms with Crippen LogP contribution in [0, 0.1) is 0 Å². The fourth-order valence-electron chi connectivity index (χ4n) is 0.728. The van der Waals surface area contributed by atoms with Crippen LogP contribution in [-0.4, -0.2) is 39.8 Å². The van der Waals surface area contributed by atoms with Gasteiger partial charge in [0.25, 0.3) is 0 Å². The molecule has 0 aromatic heterocycles. The molecule has 0 saturated heterocycles. The molecule has 0 radical (unpaired) electrons. The summed E-state index contributed by atoms with van der Waals surface area (Å²) in [5.41, 5.74) is 0. The molecule has 0 saturated carbocycles. The first-order chi connectivity index (χ1) is 6.37. The lowest BCUT2D eigenvalue weighted by Gasteiger charge is -2.13. The Morgan fingerprint density at radius 1 is 1.57 bits per heavy atom. The van der Waals surface area contributed by atoms with Crippen LogP contribution in [0.5, 0.6) is 0 Å². The Labute approximate surface area is 80.2 Å². The number of carbonyl (C=O) groups is 1.